The van der Waals surface area contributed by atoms with Gasteiger partial charge >= 0.3 is 12.1 Å². The zero-order valence-corrected chi connectivity index (χ0v) is 10.8. The predicted octanol–water partition coefficient (Wildman–Crippen LogP) is 2.43. The second-order valence-electron chi connectivity index (χ2n) is 4.22. The molecular weight excluding hydrogens is 291 g/mol. The smallest absolute Gasteiger partial charge is 0.405 e. The average molecular weight is 301 g/mol. The maximum absolute atomic E-state index is 12.3. The van der Waals surface area contributed by atoms with E-state index in [2.05, 4.69) is 9.97 Å². The second kappa shape index (κ2) is 5.43. The summed E-state index contributed by atoms with van der Waals surface area (Å²) in [4.78, 5) is 19.2. The summed E-state index contributed by atoms with van der Waals surface area (Å²) in [7, 11) is 1.25. The first kappa shape index (κ1) is 14.8. The molecule has 0 fully saturated rings. The molecule has 2 aromatic rings. The maximum Gasteiger partial charge on any atom is 0.405 e. The average Bonchev–Trinajstić information content (AvgIpc) is 2.86. The molecule has 2 heterocycles. The van der Waals surface area contributed by atoms with Gasteiger partial charge in [0.1, 0.15) is 18.6 Å². The van der Waals surface area contributed by atoms with Gasteiger partial charge in [0.25, 0.3) is 0 Å². The molecule has 1 N–H and O–H groups in total. The minimum absolute atomic E-state index is 0.00328. The molecule has 21 heavy (non-hydrogen) atoms. The number of carboxylic acids is 1. The number of hydrogen-bond donors (Lipinski definition) is 1. The van der Waals surface area contributed by atoms with Crippen LogP contribution in [-0.2, 0) is 0 Å². The minimum atomic E-state index is -4.36. The van der Waals surface area contributed by atoms with Crippen LogP contribution in [0.1, 0.15) is 10.5 Å². The molecule has 0 atom stereocenters. The molecule has 9 heteroatoms. The van der Waals surface area contributed by atoms with E-state index in [0.717, 1.165) is 11.2 Å². The first-order valence-electron chi connectivity index (χ1n) is 5.69. The number of rotatable bonds is 4. The summed E-state index contributed by atoms with van der Waals surface area (Å²) in [5.41, 5.74) is 0.0496. The van der Waals surface area contributed by atoms with Crippen molar-refractivity contribution in [2.24, 2.45) is 0 Å². The van der Waals surface area contributed by atoms with Gasteiger partial charge in [0.05, 0.1) is 0 Å². The van der Waals surface area contributed by atoms with Gasteiger partial charge < -0.3 is 14.4 Å². The number of halogens is 3. The molecule has 112 valence electrons. The lowest BCUT2D eigenvalue weighted by Crippen LogP contribution is -2.31. The van der Waals surface area contributed by atoms with Crippen molar-refractivity contribution >= 4 is 11.8 Å². The SMILES string of the molecule is CN(CC(F)(F)F)c1cc(-c2nc(C(=O)O)co2)ccn1. The molecule has 6 nitrogen and oxygen atoms in total. The van der Waals surface area contributed by atoms with E-state index in [4.69, 9.17) is 9.52 Å². The summed E-state index contributed by atoms with van der Waals surface area (Å²) in [5.74, 6) is -1.19. The van der Waals surface area contributed by atoms with Crippen molar-refractivity contribution < 1.29 is 27.5 Å². The van der Waals surface area contributed by atoms with Gasteiger partial charge in [0, 0.05) is 18.8 Å². The molecule has 0 unspecified atom stereocenters. The molecule has 0 aliphatic heterocycles. The van der Waals surface area contributed by atoms with Crippen molar-refractivity contribution in [1.82, 2.24) is 9.97 Å². The fourth-order valence-corrected chi connectivity index (χ4v) is 1.61. The molecule has 0 bridgehead atoms. The normalized spacial score (nSPS) is 11.4. The summed E-state index contributed by atoms with van der Waals surface area (Å²) >= 11 is 0. The van der Waals surface area contributed by atoms with E-state index in [0.29, 0.717) is 5.56 Å². The van der Waals surface area contributed by atoms with Gasteiger partial charge in [-0.25, -0.2) is 14.8 Å². The minimum Gasteiger partial charge on any atom is -0.476 e. The third-order valence-electron chi connectivity index (χ3n) is 2.52. The topological polar surface area (TPSA) is 79.5 Å². The summed E-state index contributed by atoms with van der Waals surface area (Å²) in [6, 6.07) is 2.80. The molecule has 0 aliphatic carbocycles. The molecule has 0 saturated heterocycles. The number of hydrogen-bond acceptors (Lipinski definition) is 5. The van der Waals surface area contributed by atoms with E-state index < -0.39 is 18.7 Å². The predicted molar refractivity (Wildman–Crippen MR) is 66.0 cm³/mol. The van der Waals surface area contributed by atoms with Gasteiger partial charge in [-0.2, -0.15) is 13.2 Å². The third kappa shape index (κ3) is 3.71. The number of pyridine rings is 1. The van der Waals surface area contributed by atoms with Crippen LogP contribution in [0, 0.1) is 0 Å². The maximum atomic E-state index is 12.3. The van der Waals surface area contributed by atoms with E-state index >= 15 is 0 Å². The van der Waals surface area contributed by atoms with Gasteiger partial charge in [-0.15, -0.1) is 0 Å². The Morgan fingerprint density at radius 2 is 2.19 bits per heavy atom. The van der Waals surface area contributed by atoms with Gasteiger partial charge in [0.15, 0.2) is 5.69 Å². The van der Waals surface area contributed by atoms with Crippen molar-refractivity contribution in [3.05, 3.63) is 30.3 Å². The summed E-state index contributed by atoms with van der Waals surface area (Å²) in [5, 5.41) is 8.75. The second-order valence-corrected chi connectivity index (χ2v) is 4.22. The summed E-state index contributed by atoms with van der Waals surface area (Å²) in [6.07, 6.45) is -2.11. The zero-order chi connectivity index (χ0) is 15.6. The van der Waals surface area contributed by atoms with Crippen LogP contribution in [0.4, 0.5) is 19.0 Å². The van der Waals surface area contributed by atoms with Gasteiger partial charge in [-0.1, -0.05) is 0 Å². The lowest BCUT2D eigenvalue weighted by atomic mass is 10.2. The number of nitrogens with zero attached hydrogens (tertiary/aromatic N) is 3. The van der Waals surface area contributed by atoms with E-state index in [1.807, 2.05) is 0 Å². The fraction of sp³-hybridized carbons (Fsp3) is 0.250. The number of anilines is 1. The number of oxazole rings is 1. The Kier molecular flexibility index (Phi) is 3.83. The van der Waals surface area contributed by atoms with Crippen molar-refractivity contribution in [2.75, 3.05) is 18.5 Å². The first-order valence-corrected chi connectivity index (χ1v) is 5.69. The highest BCUT2D eigenvalue weighted by Crippen LogP contribution is 2.24. The third-order valence-corrected chi connectivity index (χ3v) is 2.52. The monoisotopic (exact) mass is 301 g/mol. The van der Waals surface area contributed by atoms with Crippen LogP contribution in [0.25, 0.3) is 11.5 Å². The van der Waals surface area contributed by atoms with Gasteiger partial charge in [-0.3, -0.25) is 0 Å². The van der Waals surface area contributed by atoms with E-state index in [1.165, 1.54) is 25.4 Å². The largest absolute Gasteiger partial charge is 0.476 e. The molecule has 0 spiro atoms. The van der Waals surface area contributed by atoms with Crippen molar-refractivity contribution in [3.63, 3.8) is 0 Å². The molecule has 2 aromatic heterocycles. The Morgan fingerprint density at radius 1 is 1.48 bits per heavy atom. The van der Waals surface area contributed by atoms with Crippen molar-refractivity contribution in [2.45, 2.75) is 6.18 Å². The number of alkyl halides is 3. The number of aromatic carboxylic acids is 1. The Morgan fingerprint density at radius 3 is 2.76 bits per heavy atom. The van der Waals surface area contributed by atoms with Crippen LogP contribution in [0.5, 0.6) is 0 Å². The first-order chi connectivity index (χ1) is 9.76. The fourth-order valence-electron chi connectivity index (χ4n) is 1.61. The van der Waals surface area contributed by atoms with Crippen LogP contribution in [-0.4, -0.2) is 40.8 Å². The van der Waals surface area contributed by atoms with E-state index in [-0.39, 0.29) is 17.4 Å². The molecule has 0 radical (unpaired) electrons. The zero-order valence-electron chi connectivity index (χ0n) is 10.8. The molecule has 0 aromatic carbocycles. The highest BCUT2D eigenvalue weighted by Gasteiger charge is 2.30. The van der Waals surface area contributed by atoms with Crippen molar-refractivity contribution in [3.8, 4) is 11.5 Å². The Labute approximate surface area is 116 Å². The van der Waals surface area contributed by atoms with Crippen LogP contribution < -0.4 is 4.90 Å². The van der Waals surface area contributed by atoms with Crippen LogP contribution in [0.2, 0.25) is 0 Å². The lowest BCUT2D eigenvalue weighted by molar-refractivity contribution is -0.119. The highest BCUT2D eigenvalue weighted by atomic mass is 19.4. The van der Waals surface area contributed by atoms with E-state index in [1.54, 1.807) is 0 Å². The molecule has 2 rings (SSSR count). The number of carboxylic acid groups (broad SMARTS) is 1. The van der Waals surface area contributed by atoms with Crippen LogP contribution in [0.15, 0.2) is 29.0 Å². The van der Waals surface area contributed by atoms with E-state index in [9.17, 15) is 18.0 Å². The molecule has 0 amide bonds. The Hall–Kier alpha value is -2.58. The molecular formula is C12H10F3N3O3. The number of aromatic nitrogens is 2. The molecule has 0 aliphatic rings. The van der Waals surface area contributed by atoms with Crippen LogP contribution in [0.3, 0.4) is 0 Å². The molecule has 0 saturated carbocycles. The van der Waals surface area contributed by atoms with Crippen molar-refractivity contribution in [1.29, 1.82) is 0 Å². The standard InChI is InChI=1S/C12H10F3N3O3/c1-18(6-12(13,14)15)9-4-7(2-3-16-9)10-17-8(5-21-10)11(19)20/h2-5H,6H2,1H3,(H,19,20). The van der Waals surface area contributed by atoms with Gasteiger partial charge in [0.2, 0.25) is 5.89 Å². The summed E-state index contributed by atoms with van der Waals surface area (Å²) < 4.78 is 42.0. The summed E-state index contributed by atoms with van der Waals surface area (Å²) in [6.45, 7) is -1.16. The van der Waals surface area contributed by atoms with Crippen LogP contribution >= 0.6 is 0 Å². The highest BCUT2D eigenvalue weighted by molar-refractivity contribution is 5.85. The number of carbonyl (C=O) groups is 1. The van der Waals surface area contributed by atoms with Gasteiger partial charge in [-0.05, 0) is 12.1 Å². The quantitative estimate of drug-likeness (QED) is 0.934. The lowest BCUT2D eigenvalue weighted by Gasteiger charge is -2.19. The Balaban J connectivity index is 2.26. The Bertz CT molecular complexity index is 654.